The Bertz CT molecular complexity index is 1480. The first-order chi connectivity index (χ1) is 20.2. The van der Waals surface area contributed by atoms with Gasteiger partial charge in [0, 0.05) is 45.0 Å². The third-order valence-corrected chi connectivity index (χ3v) is 10.2. The first kappa shape index (κ1) is 30.5. The predicted octanol–water partition coefficient (Wildman–Crippen LogP) is 8.35. The average Bonchev–Trinajstić information content (AvgIpc) is 3.53. The summed E-state index contributed by atoms with van der Waals surface area (Å²) in [4.78, 5) is 39.1. The lowest BCUT2D eigenvalue weighted by Gasteiger charge is -2.25. The van der Waals surface area contributed by atoms with E-state index in [9.17, 15) is 14.4 Å². The molecule has 4 unspecified atom stereocenters. The summed E-state index contributed by atoms with van der Waals surface area (Å²) in [5.74, 6) is 0.882. The van der Waals surface area contributed by atoms with Gasteiger partial charge in [-0.05, 0) is 112 Å². The number of aromatic nitrogens is 1. The highest BCUT2D eigenvalue weighted by Crippen LogP contribution is 2.36. The van der Waals surface area contributed by atoms with Crippen LogP contribution in [-0.2, 0) is 16.1 Å². The minimum atomic E-state index is -0.0653. The highest BCUT2D eigenvalue weighted by atomic mass is 79.9. The summed E-state index contributed by atoms with van der Waals surface area (Å²) in [7, 11) is 0. The van der Waals surface area contributed by atoms with Crippen molar-refractivity contribution >= 4 is 44.3 Å². The van der Waals surface area contributed by atoms with Gasteiger partial charge >= 0.3 is 0 Å². The third kappa shape index (κ3) is 6.80. The monoisotopic (exact) mass is 630 g/mol. The Hall–Kier alpha value is -2.99. The number of halogens is 1. The molecule has 1 fully saturated rings. The number of fused-ring (bicyclic) bond motifs is 1. The van der Waals surface area contributed by atoms with Gasteiger partial charge in [0.25, 0.3) is 0 Å². The Kier molecular flexibility index (Phi) is 9.82. The van der Waals surface area contributed by atoms with E-state index < -0.39 is 0 Å². The smallest absolute Gasteiger partial charge is 0.240 e. The maximum Gasteiger partial charge on any atom is 0.240 e. The number of allylic oxidation sites excluding steroid dienone is 7. The lowest BCUT2D eigenvalue weighted by atomic mass is 9.80. The van der Waals surface area contributed by atoms with Crippen LogP contribution in [0.1, 0.15) is 87.2 Å². The molecule has 42 heavy (non-hydrogen) atoms. The summed E-state index contributed by atoms with van der Waals surface area (Å²) < 4.78 is 2.91. The summed E-state index contributed by atoms with van der Waals surface area (Å²) in [6, 6.07) is 6.03. The lowest BCUT2D eigenvalue weighted by Crippen LogP contribution is -2.36. The fourth-order valence-electron chi connectivity index (χ4n) is 7.23. The Morgan fingerprint density at radius 2 is 1.88 bits per heavy atom. The topological polar surface area (TPSA) is 68.2 Å². The molecule has 1 amide bonds. The number of carbonyl (C=O) groups is 3. The fourth-order valence-corrected chi connectivity index (χ4v) is 7.59. The second-order valence-corrected chi connectivity index (χ2v) is 13.4. The van der Waals surface area contributed by atoms with Crippen LogP contribution >= 0.6 is 15.9 Å². The summed E-state index contributed by atoms with van der Waals surface area (Å²) in [6.45, 7) is 7.71. The highest BCUT2D eigenvalue weighted by Gasteiger charge is 2.32. The van der Waals surface area contributed by atoms with Gasteiger partial charge in [-0.25, -0.2) is 0 Å². The summed E-state index contributed by atoms with van der Waals surface area (Å²) in [6.07, 6.45) is 20.0. The molecule has 5 nitrogen and oxygen atoms in total. The van der Waals surface area contributed by atoms with Crippen molar-refractivity contribution in [1.29, 1.82) is 0 Å². The van der Waals surface area contributed by atoms with Crippen molar-refractivity contribution < 1.29 is 14.4 Å². The van der Waals surface area contributed by atoms with E-state index in [-0.39, 0.29) is 41.9 Å². The number of amides is 1. The maximum atomic E-state index is 13.8. The highest BCUT2D eigenvalue weighted by molar-refractivity contribution is 9.10. The van der Waals surface area contributed by atoms with Gasteiger partial charge in [0.15, 0.2) is 11.6 Å². The molecule has 0 saturated heterocycles. The van der Waals surface area contributed by atoms with Crippen LogP contribution in [0.5, 0.6) is 0 Å². The SMILES string of the molecule is C=CC(=O)C(C)C1CCC(NC(=O)Cn2c(C)c(C(=O)CCC3CCC4=C(/C=C\CC/C=C\4)C3)c3cc(Br)ccc32)C1. The number of nitrogens with one attached hydrogen (secondary N) is 1. The van der Waals surface area contributed by atoms with E-state index in [1.165, 1.54) is 17.2 Å². The van der Waals surface area contributed by atoms with Gasteiger partial charge in [0.2, 0.25) is 5.91 Å². The number of ketones is 2. The van der Waals surface area contributed by atoms with Crippen LogP contribution in [0.2, 0.25) is 0 Å². The molecule has 0 spiro atoms. The molecule has 2 aromatic rings. The molecule has 1 saturated carbocycles. The number of hydrogen-bond donors (Lipinski definition) is 1. The first-order valence-electron chi connectivity index (χ1n) is 15.6. The Morgan fingerprint density at radius 1 is 1.12 bits per heavy atom. The third-order valence-electron chi connectivity index (χ3n) is 9.72. The van der Waals surface area contributed by atoms with E-state index in [0.717, 1.165) is 84.4 Å². The van der Waals surface area contributed by atoms with Crippen molar-refractivity contribution in [2.45, 2.75) is 90.6 Å². The summed E-state index contributed by atoms with van der Waals surface area (Å²) in [5.41, 5.74) is 5.39. The number of nitrogens with zero attached hydrogens (tertiary/aromatic N) is 1. The predicted molar refractivity (Wildman–Crippen MR) is 173 cm³/mol. The van der Waals surface area contributed by atoms with E-state index in [1.807, 2.05) is 36.6 Å². The van der Waals surface area contributed by atoms with Crippen LogP contribution in [0, 0.1) is 24.7 Å². The molecule has 0 radical (unpaired) electrons. The molecule has 1 aromatic carbocycles. The summed E-state index contributed by atoms with van der Waals surface area (Å²) in [5, 5.41) is 4.11. The van der Waals surface area contributed by atoms with Gasteiger partial charge < -0.3 is 9.88 Å². The van der Waals surface area contributed by atoms with E-state index >= 15 is 0 Å². The molecule has 222 valence electrons. The number of hydrogen-bond acceptors (Lipinski definition) is 3. The van der Waals surface area contributed by atoms with E-state index in [1.54, 1.807) is 0 Å². The molecule has 3 aliphatic rings. The Labute approximate surface area is 258 Å². The number of Topliss-reactive ketones (excluding diaryl/α,β-unsaturated/α-hetero) is 1. The number of benzene rings is 1. The first-order valence-corrected chi connectivity index (χ1v) is 16.4. The molecular weight excluding hydrogens is 588 g/mol. The molecule has 3 aliphatic carbocycles. The molecule has 1 aromatic heterocycles. The van der Waals surface area contributed by atoms with Crippen LogP contribution in [0.15, 0.2) is 70.8 Å². The van der Waals surface area contributed by atoms with Crippen molar-refractivity contribution in [1.82, 2.24) is 9.88 Å². The van der Waals surface area contributed by atoms with E-state index in [4.69, 9.17) is 0 Å². The quantitative estimate of drug-likeness (QED) is 0.212. The van der Waals surface area contributed by atoms with Gasteiger partial charge in [0.1, 0.15) is 6.54 Å². The van der Waals surface area contributed by atoms with Crippen LogP contribution in [0.25, 0.3) is 10.9 Å². The Balaban J connectivity index is 1.27. The zero-order valence-corrected chi connectivity index (χ0v) is 26.5. The maximum absolute atomic E-state index is 13.8. The van der Waals surface area contributed by atoms with Gasteiger partial charge in [0.05, 0.1) is 0 Å². The van der Waals surface area contributed by atoms with Crippen LogP contribution in [0.4, 0.5) is 0 Å². The van der Waals surface area contributed by atoms with Crippen molar-refractivity contribution in [2.75, 3.05) is 0 Å². The second-order valence-electron chi connectivity index (χ2n) is 12.4. The Morgan fingerprint density at radius 3 is 2.64 bits per heavy atom. The van der Waals surface area contributed by atoms with Crippen LogP contribution < -0.4 is 5.32 Å². The van der Waals surface area contributed by atoms with Crippen molar-refractivity contribution in [3.63, 3.8) is 0 Å². The molecule has 5 rings (SSSR count). The molecule has 1 heterocycles. The molecule has 0 bridgehead atoms. The van der Waals surface area contributed by atoms with Crippen LogP contribution in [-0.4, -0.2) is 28.1 Å². The molecule has 4 atom stereocenters. The minimum Gasteiger partial charge on any atom is -0.352 e. The standard InChI is InChI=1S/C36H43BrN2O3/c1-4-33(40)23(2)27-14-16-30(20-27)38-35(42)22-39-24(3)36(31-21-29(37)15-17-32(31)39)34(41)18-12-25-11-13-26-9-7-5-6-8-10-28(26)19-25/h4,7-10,15,17,21,23,25,27,30H,1,5-6,11-14,16,18-20,22H2,2-3H3,(H,38,42)/b9-7-,10-8-. The number of rotatable bonds is 10. The van der Waals surface area contributed by atoms with Gasteiger partial charge in [-0.1, -0.05) is 53.7 Å². The van der Waals surface area contributed by atoms with E-state index in [2.05, 4.69) is 52.1 Å². The van der Waals surface area contributed by atoms with Crippen LogP contribution in [0.3, 0.4) is 0 Å². The van der Waals surface area contributed by atoms with E-state index in [0.29, 0.717) is 12.3 Å². The van der Waals surface area contributed by atoms with Crippen molar-refractivity contribution in [2.24, 2.45) is 17.8 Å². The average molecular weight is 632 g/mol. The number of carbonyl (C=O) groups excluding carboxylic acids is 3. The molecule has 0 aliphatic heterocycles. The molecule has 6 heteroatoms. The van der Waals surface area contributed by atoms with Crippen molar-refractivity contribution in [3.05, 3.63) is 82.0 Å². The summed E-state index contributed by atoms with van der Waals surface area (Å²) >= 11 is 3.59. The van der Waals surface area contributed by atoms with Gasteiger partial charge in [-0.15, -0.1) is 0 Å². The fraction of sp³-hybridized carbons (Fsp3) is 0.472. The second kappa shape index (κ2) is 13.5. The van der Waals surface area contributed by atoms with Gasteiger partial charge in [-0.3, -0.25) is 14.4 Å². The van der Waals surface area contributed by atoms with Gasteiger partial charge in [-0.2, -0.15) is 0 Å². The molecule has 1 N–H and O–H groups in total. The zero-order chi connectivity index (χ0) is 29.8. The minimum absolute atomic E-state index is 0.0575. The van der Waals surface area contributed by atoms with Crippen molar-refractivity contribution in [3.8, 4) is 0 Å². The molecular formula is C36H43BrN2O3. The normalized spacial score (nSPS) is 24.4. The largest absolute Gasteiger partial charge is 0.352 e. The lowest BCUT2D eigenvalue weighted by molar-refractivity contribution is -0.122. The zero-order valence-electron chi connectivity index (χ0n) is 25.0.